The van der Waals surface area contributed by atoms with Crippen LogP contribution in [-0.2, 0) is 11.3 Å². The lowest BCUT2D eigenvalue weighted by Gasteiger charge is -2.36. The topological polar surface area (TPSA) is 32.8 Å². The first kappa shape index (κ1) is 15.8. The van der Waals surface area contributed by atoms with Crippen molar-refractivity contribution in [2.75, 3.05) is 26.2 Å². The molecule has 2 saturated heterocycles. The van der Waals surface area contributed by atoms with Crippen LogP contribution in [0, 0.1) is 6.92 Å². The standard InChI is InChI=1S/C19H22N2O2S/c1-14-12-24-13-16(14)19(22)21-10-17-18(11-21)23-8-7-20(17)9-15-5-3-2-4-6-15/h2-6,12-13,17-18H,7-11H2,1H3/t17-,18-/m1/s1. The number of carbonyl (C=O) groups excluding carboxylic acids is 1. The van der Waals surface area contributed by atoms with Gasteiger partial charge in [0.2, 0.25) is 0 Å². The van der Waals surface area contributed by atoms with Gasteiger partial charge in [0.1, 0.15) is 0 Å². The van der Waals surface area contributed by atoms with E-state index < -0.39 is 0 Å². The van der Waals surface area contributed by atoms with Crippen molar-refractivity contribution in [1.29, 1.82) is 0 Å². The molecule has 0 saturated carbocycles. The van der Waals surface area contributed by atoms with E-state index in [2.05, 4.69) is 29.2 Å². The second kappa shape index (κ2) is 6.67. The van der Waals surface area contributed by atoms with Gasteiger partial charge in [0, 0.05) is 31.6 Å². The van der Waals surface area contributed by atoms with Crippen LogP contribution in [-0.4, -0.2) is 54.1 Å². The highest BCUT2D eigenvalue weighted by Crippen LogP contribution is 2.27. The van der Waals surface area contributed by atoms with Gasteiger partial charge in [-0.05, 0) is 23.4 Å². The van der Waals surface area contributed by atoms with Crippen LogP contribution >= 0.6 is 11.3 Å². The molecule has 4 nitrogen and oxygen atoms in total. The Kier molecular flexibility index (Phi) is 4.39. The maximum atomic E-state index is 12.8. The molecule has 2 fully saturated rings. The molecule has 1 amide bonds. The van der Waals surface area contributed by atoms with Crippen LogP contribution in [0.25, 0.3) is 0 Å². The fraction of sp³-hybridized carbons (Fsp3) is 0.421. The van der Waals surface area contributed by atoms with Gasteiger partial charge in [-0.1, -0.05) is 30.3 Å². The first-order valence-corrected chi connectivity index (χ1v) is 9.38. The summed E-state index contributed by atoms with van der Waals surface area (Å²) in [5, 5.41) is 4.00. The molecule has 1 aromatic carbocycles. The van der Waals surface area contributed by atoms with Crippen LogP contribution in [0.1, 0.15) is 21.5 Å². The van der Waals surface area contributed by atoms with E-state index in [4.69, 9.17) is 4.74 Å². The van der Waals surface area contributed by atoms with E-state index in [0.29, 0.717) is 12.6 Å². The normalized spacial score (nSPS) is 24.1. The monoisotopic (exact) mass is 342 g/mol. The molecule has 1 aromatic heterocycles. The number of ether oxygens (including phenoxy) is 1. The molecular weight excluding hydrogens is 320 g/mol. The average molecular weight is 342 g/mol. The Labute approximate surface area is 146 Å². The largest absolute Gasteiger partial charge is 0.373 e. The number of benzene rings is 1. The number of morpholine rings is 1. The van der Waals surface area contributed by atoms with Crippen molar-refractivity contribution in [2.45, 2.75) is 25.6 Å². The number of amides is 1. The van der Waals surface area contributed by atoms with Crippen molar-refractivity contribution in [3.8, 4) is 0 Å². The lowest BCUT2D eigenvalue weighted by atomic mass is 10.1. The zero-order valence-electron chi connectivity index (χ0n) is 13.9. The van der Waals surface area contributed by atoms with Gasteiger partial charge in [-0.3, -0.25) is 9.69 Å². The number of hydrogen-bond donors (Lipinski definition) is 0. The summed E-state index contributed by atoms with van der Waals surface area (Å²) in [5.74, 6) is 0.145. The number of hydrogen-bond acceptors (Lipinski definition) is 4. The quantitative estimate of drug-likeness (QED) is 0.860. The molecule has 2 aliphatic rings. The van der Waals surface area contributed by atoms with Gasteiger partial charge in [-0.15, -0.1) is 0 Å². The zero-order valence-corrected chi connectivity index (χ0v) is 14.7. The highest BCUT2D eigenvalue weighted by molar-refractivity contribution is 7.08. The van der Waals surface area contributed by atoms with E-state index in [0.717, 1.165) is 37.4 Å². The second-order valence-corrected chi connectivity index (χ2v) is 7.35. The molecule has 2 aliphatic heterocycles. The Morgan fingerprint density at radius 1 is 1.25 bits per heavy atom. The minimum Gasteiger partial charge on any atom is -0.373 e. The summed E-state index contributed by atoms with van der Waals surface area (Å²) in [5.41, 5.74) is 3.23. The smallest absolute Gasteiger partial charge is 0.255 e. The van der Waals surface area contributed by atoms with Gasteiger partial charge in [-0.2, -0.15) is 11.3 Å². The molecule has 0 unspecified atom stereocenters. The number of thiophene rings is 1. The molecule has 24 heavy (non-hydrogen) atoms. The van der Waals surface area contributed by atoms with Gasteiger partial charge < -0.3 is 9.64 Å². The lowest BCUT2D eigenvalue weighted by molar-refractivity contribution is -0.0503. The van der Waals surface area contributed by atoms with E-state index in [9.17, 15) is 4.79 Å². The lowest BCUT2D eigenvalue weighted by Crippen LogP contribution is -2.50. The van der Waals surface area contributed by atoms with Gasteiger partial charge >= 0.3 is 0 Å². The predicted molar refractivity (Wildman–Crippen MR) is 95.3 cm³/mol. The average Bonchev–Trinajstić information content (AvgIpc) is 3.22. The van der Waals surface area contributed by atoms with E-state index >= 15 is 0 Å². The van der Waals surface area contributed by atoms with Crippen LogP contribution in [0.15, 0.2) is 41.1 Å². The van der Waals surface area contributed by atoms with Crippen molar-refractivity contribution < 1.29 is 9.53 Å². The molecule has 0 aliphatic carbocycles. The zero-order chi connectivity index (χ0) is 16.5. The van der Waals surface area contributed by atoms with Crippen LogP contribution in [0.3, 0.4) is 0 Å². The molecular formula is C19H22N2O2S. The SMILES string of the molecule is Cc1cscc1C(=O)N1C[C@@H]2[C@@H](C1)OCCN2Cc1ccccc1. The molecule has 0 bridgehead atoms. The molecule has 126 valence electrons. The number of carbonyl (C=O) groups is 1. The minimum atomic E-state index is 0.130. The van der Waals surface area contributed by atoms with Crippen molar-refractivity contribution in [3.05, 3.63) is 57.8 Å². The highest BCUT2D eigenvalue weighted by atomic mass is 32.1. The molecule has 0 spiro atoms. The van der Waals surface area contributed by atoms with Crippen molar-refractivity contribution in [2.24, 2.45) is 0 Å². The first-order valence-electron chi connectivity index (χ1n) is 8.44. The minimum absolute atomic E-state index is 0.130. The summed E-state index contributed by atoms with van der Waals surface area (Å²) < 4.78 is 5.96. The van der Waals surface area contributed by atoms with Crippen LogP contribution in [0.5, 0.6) is 0 Å². The van der Waals surface area contributed by atoms with E-state index in [1.807, 2.05) is 28.7 Å². The molecule has 4 rings (SSSR count). The number of likely N-dealkylation sites (tertiary alicyclic amines) is 1. The Hall–Kier alpha value is -1.69. The second-order valence-electron chi connectivity index (χ2n) is 6.61. The molecule has 2 atom stereocenters. The number of rotatable bonds is 3. The maximum Gasteiger partial charge on any atom is 0.255 e. The van der Waals surface area contributed by atoms with Crippen LogP contribution in [0.2, 0.25) is 0 Å². The summed E-state index contributed by atoms with van der Waals surface area (Å²) in [6.45, 7) is 6.05. The Morgan fingerprint density at radius 3 is 2.83 bits per heavy atom. The molecule has 0 radical (unpaired) electrons. The van der Waals surface area contributed by atoms with Crippen LogP contribution in [0.4, 0.5) is 0 Å². The molecule has 3 heterocycles. The van der Waals surface area contributed by atoms with E-state index in [1.165, 1.54) is 5.56 Å². The Morgan fingerprint density at radius 2 is 2.08 bits per heavy atom. The van der Waals surface area contributed by atoms with Crippen molar-refractivity contribution >= 4 is 17.2 Å². The summed E-state index contributed by atoms with van der Waals surface area (Å²) >= 11 is 1.59. The molecule has 5 heteroatoms. The van der Waals surface area contributed by atoms with Gasteiger partial charge in [0.25, 0.3) is 5.91 Å². The van der Waals surface area contributed by atoms with Crippen molar-refractivity contribution in [3.63, 3.8) is 0 Å². The number of nitrogens with zero attached hydrogens (tertiary/aromatic N) is 2. The number of fused-ring (bicyclic) bond motifs is 1. The third-order valence-electron chi connectivity index (χ3n) is 5.02. The summed E-state index contributed by atoms with van der Waals surface area (Å²) in [6, 6.07) is 10.8. The highest BCUT2D eigenvalue weighted by Gasteiger charge is 2.42. The van der Waals surface area contributed by atoms with Gasteiger partial charge in [-0.25, -0.2) is 0 Å². The first-order chi connectivity index (χ1) is 11.7. The number of aryl methyl sites for hydroxylation is 1. The summed E-state index contributed by atoms with van der Waals surface area (Å²) in [7, 11) is 0. The van der Waals surface area contributed by atoms with E-state index in [-0.39, 0.29) is 12.0 Å². The fourth-order valence-corrected chi connectivity index (χ4v) is 4.51. The summed E-state index contributed by atoms with van der Waals surface area (Å²) in [6.07, 6.45) is 0.130. The Bertz CT molecular complexity index is 715. The maximum absolute atomic E-state index is 12.8. The summed E-state index contributed by atoms with van der Waals surface area (Å²) in [4.78, 5) is 17.2. The molecule has 2 aromatic rings. The third kappa shape index (κ3) is 2.99. The fourth-order valence-electron chi connectivity index (χ4n) is 3.69. The molecule has 0 N–H and O–H groups in total. The van der Waals surface area contributed by atoms with E-state index in [1.54, 1.807) is 11.3 Å². The van der Waals surface area contributed by atoms with Crippen molar-refractivity contribution in [1.82, 2.24) is 9.80 Å². The third-order valence-corrected chi connectivity index (χ3v) is 5.88. The van der Waals surface area contributed by atoms with Crippen LogP contribution < -0.4 is 0 Å². The predicted octanol–water partition coefficient (Wildman–Crippen LogP) is 2.78. The van der Waals surface area contributed by atoms with Gasteiger partial charge in [0.05, 0.1) is 24.3 Å². The van der Waals surface area contributed by atoms with Gasteiger partial charge in [0.15, 0.2) is 0 Å². The Balaban J connectivity index is 1.48.